The van der Waals surface area contributed by atoms with Crippen LogP contribution in [0.15, 0.2) is 22.7 Å². The van der Waals surface area contributed by atoms with E-state index in [4.69, 9.17) is 11.6 Å². The third kappa shape index (κ3) is 6.37. The fourth-order valence-electron chi connectivity index (χ4n) is 2.18. The van der Waals surface area contributed by atoms with Crippen LogP contribution < -0.4 is 5.32 Å². The molecule has 0 saturated heterocycles. The Morgan fingerprint density at radius 1 is 1.38 bits per heavy atom. The first-order valence-corrected chi connectivity index (χ1v) is 8.63. The number of hydrogen-bond donors (Lipinski definition) is 1. The molecule has 0 fully saturated rings. The SMILES string of the molecule is CCN(CC)CCCC(C)NC(=O)c1ccc(Br)c(Cl)c1. The summed E-state index contributed by atoms with van der Waals surface area (Å²) in [5.41, 5.74) is 0.596. The van der Waals surface area contributed by atoms with Crippen molar-refractivity contribution in [3.05, 3.63) is 33.3 Å². The van der Waals surface area contributed by atoms with Crippen molar-refractivity contribution < 1.29 is 4.79 Å². The van der Waals surface area contributed by atoms with E-state index in [-0.39, 0.29) is 11.9 Å². The van der Waals surface area contributed by atoms with Crippen molar-refractivity contribution in [3.63, 3.8) is 0 Å². The first kappa shape index (κ1) is 18.5. The summed E-state index contributed by atoms with van der Waals surface area (Å²) in [4.78, 5) is 14.5. The number of halogens is 2. The van der Waals surface area contributed by atoms with E-state index in [9.17, 15) is 4.79 Å². The molecule has 1 N–H and O–H groups in total. The van der Waals surface area contributed by atoms with E-state index in [0.29, 0.717) is 10.6 Å². The standard InChI is InChI=1S/C16H24BrClN2O/c1-4-20(5-2)10-6-7-12(3)19-16(21)13-8-9-14(17)15(18)11-13/h8-9,11-12H,4-7,10H2,1-3H3,(H,19,21). The molecule has 0 saturated carbocycles. The van der Waals surface area contributed by atoms with Gasteiger partial charge in [0.2, 0.25) is 0 Å². The summed E-state index contributed by atoms with van der Waals surface area (Å²) in [7, 11) is 0. The first-order chi connectivity index (χ1) is 9.97. The molecule has 1 unspecified atom stereocenters. The van der Waals surface area contributed by atoms with E-state index in [1.807, 2.05) is 6.92 Å². The molecule has 0 aliphatic carbocycles. The van der Waals surface area contributed by atoms with Gasteiger partial charge in [0.15, 0.2) is 0 Å². The Morgan fingerprint density at radius 2 is 2.05 bits per heavy atom. The van der Waals surface area contributed by atoms with Gasteiger partial charge in [-0.25, -0.2) is 0 Å². The van der Waals surface area contributed by atoms with Crippen molar-refractivity contribution in [2.45, 2.75) is 39.7 Å². The summed E-state index contributed by atoms with van der Waals surface area (Å²) in [6, 6.07) is 5.41. The molecule has 0 radical (unpaired) electrons. The van der Waals surface area contributed by atoms with Gasteiger partial charge in [-0.2, -0.15) is 0 Å². The zero-order chi connectivity index (χ0) is 15.8. The Balaban J connectivity index is 2.41. The topological polar surface area (TPSA) is 32.3 Å². The number of amides is 1. The molecular formula is C16H24BrClN2O. The highest BCUT2D eigenvalue weighted by atomic mass is 79.9. The van der Waals surface area contributed by atoms with Crippen LogP contribution in [-0.4, -0.2) is 36.5 Å². The van der Waals surface area contributed by atoms with Gasteiger partial charge >= 0.3 is 0 Å². The summed E-state index contributed by atoms with van der Waals surface area (Å²) >= 11 is 9.33. The molecule has 3 nitrogen and oxygen atoms in total. The first-order valence-electron chi connectivity index (χ1n) is 7.46. The fourth-order valence-corrected chi connectivity index (χ4v) is 2.60. The van der Waals surface area contributed by atoms with Crippen molar-refractivity contribution in [2.75, 3.05) is 19.6 Å². The third-order valence-corrected chi connectivity index (χ3v) is 4.80. The van der Waals surface area contributed by atoms with Crippen LogP contribution >= 0.6 is 27.5 Å². The van der Waals surface area contributed by atoms with E-state index in [1.54, 1.807) is 18.2 Å². The zero-order valence-corrected chi connectivity index (χ0v) is 15.3. The molecule has 1 atom stereocenters. The molecule has 1 amide bonds. The van der Waals surface area contributed by atoms with Crippen LogP contribution in [0.3, 0.4) is 0 Å². The lowest BCUT2D eigenvalue weighted by Gasteiger charge is -2.19. The lowest BCUT2D eigenvalue weighted by atomic mass is 10.1. The number of carbonyl (C=O) groups is 1. The second-order valence-corrected chi connectivity index (χ2v) is 6.43. The van der Waals surface area contributed by atoms with Gasteiger partial charge in [-0.05, 0) is 73.5 Å². The number of rotatable bonds is 8. The highest BCUT2D eigenvalue weighted by molar-refractivity contribution is 9.10. The third-order valence-electron chi connectivity index (χ3n) is 3.57. The number of carbonyl (C=O) groups excluding carboxylic acids is 1. The molecule has 118 valence electrons. The number of benzene rings is 1. The minimum atomic E-state index is -0.0697. The predicted octanol–water partition coefficient (Wildman–Crippen LogP) is 4.34. The van der Waals surface area contributed by atoms with Crippen LogP contribution in [0.1, 0.15) is 44.0 Å². The Bertz CT molecular complexity index is 464. The largest absolute Gasteiger partial charge is 0.350 e. The van der Waals surface area contributed by atoms with Gasteiger partial charge in [-0.1, -0.05) is 25.4 Å². The van der Waals surface area contributed by atoms with E-state index in [2.05, 4.69) is 40.0 Å². The summed E-state index contributed by atoms with van der Waals surface area (Å²) in [5.74, 6) is -0.0697. The lowest BCUT2D eigenvalue weighted by molar-refractivity contribution is 0.0937. The molecule has 0 aliphatic heterocycles. The van der Waals surface area contributed by atoms with E-state index >= 15 is 0 Å². The average molecular weight is 376 g/mol. The monoisotopic (exact) mass is 374 g/mol. The molecule has 1 aromatic carbocycles. The van der Waals surface area contributed by atoms with Crippen molar-refractivity contribution >= 4 is 33.4 Å². The van der Waals surface area contributed by atoms with Crippen LogP contribution in [0.5, 0.6) is 0 Å². The average Bonchev–Trinajstić information content (AvgIpc) is 2.46. The van der Waals surface area contributed by atoms with Crippen LogP contribution in [0.4, 0.5) is 0 Å². The Kier molecular flexibility index (Phi) is 8.30. The normalized spacial score (nSPS) is 12.5. The molecule has 0 bridgehead atoms. The van der Waals surface area contributed by atoms with Crippen LogP contribution in [0, 0.1) is 0 Å². The fraction of sp³-hybridized carbons (Fsp3) is 0.562. The maximum absolute atomic E-state index is 12.1. The minimum absolute atomic E-state index is 0.0697. The number of hydrogen-bond acceptors (Lipinski definition) is 2. The van der Waals surface area contributed by atoms with Crippen LogP contribution in [0.25, 0.3) is 0 Å². The van der Waals surface area contributed by atoms with E-state index in [1.165, 1.54) is 0 Å². The summed E-state index contributed by atoms with van der Waals surface area (Å²) in [5, 5.41) is 3.57. The van der Waals surface area contributed by atoms with Gasteiger partial charge in [0, 0.05) is 16.1 Å². The minimum Gasteiger partial charge on any atom is -0.350 e. The van der Waals surface area contributed by atoms with Gasteiger partial charge in [0.05, 0.1) is 5.02 Å². The van der Waals surface area contributed by atoms with Gasteiger partial charge in [0.1, 0.15) is 0 Å². The molecule has 0 heterocycles. The molecule has 1 rings (SSSR count). The van der Waals surface area contributed by atoms with Gasteiger partial charge in [-0.3, -0.25) is 4.79 Å². The second kappa shape index (κ2) is 9.44. The van der Waals surface area contributed by atoms with E-state index in [0.717, 1.165) is 36.9 Å². The zero-order valence-electron chi connectivity index (χ0n) is 13.0. The van der Waals surface area contributed by atoms with Crippen LogP contribution in [-0.2, 0) is 0 Å². The Labute approximate surface area is 141 Å². The second-order valence-electron chi connectivity index (χ2n) is 5.17. The quantitative estimate of drug-likeness (QED) is 0.733. The summed E-state index contributed by atoms with van der Waals surface area (Å²) < 4.78 is 0.799. The Hall–Kier alpha value is -0.580. The molecular weight excluding hydrogens is 352 g/mol. The molecule has 5 heteroatoms. The highest BCUT2D eigenvalue weighted by Crippen LogP contribution is 2.23. The van der Waals surface area contributed by atoms with Crippen molar-refractivity contribution in [3.8, 4) is 0 Å². The molecule has 0 aromatic heterocycles. The lowest BCUT2D eigenvalue weighted by Crippen LogP contribution is -2.33. The smallest absolute Gasteiger partial charge is 0.251 e. The van der Waals surface area contributed by atoms with E-state index < -0.39 is 0 Å². The highest BCUT2D eigenvalue weighted by Gasteiger charge is 2.11. The molecule has 0 spiro atoms. The maximum Gasteiger partial charge on any atom is 0.251 e. The van der Waals surface area contributed by atoms with Gasteiger partial charge in [0.25, 0.3) is 5.91 Å². The van der Waals surface area contributed by atoms with Gasteiger partial charge < -0.3 is 10.2 Å². The van der Waals surface area contributed by atoms with Crippen molar-refractivity contribution in [1.82, 2.24) is 10.2 Å². The summed E-state index contributed by atoms with van der Waals surface area (Å²) in [6.07, 6.45) is 2.07. The van der Waals surface area contributed by atoms with Crippen molar-refractivity contribution in [2.24, 2.45) is 0 Å². The predicted molar refractivity (Wildman–Crippen MR) is 93.1 cm³/mol. The maximum atomic E-state index is 12.1. The summed E-state index contributed by atoms with van der Waals surface area (Å²) in [6.45, 7) is 9.62. The molecule has 21 heavy (non-hydrogen) atoms. The number of nitrogens with zero attached hydrogens (tertiary/aromatic N) is 1. The van der Waals surface area contributed by atoms with Gasteiger partial charge in [-0.15, -0.1) is 0 Å². The molecule has 0 aliphatic rings. The van der Waals surface area contributed by atoms with Crippen LogP contribution in [0.2, 0.25) is 5.02 Å². The molecule has 1 aromatic rings. The van der Waals surface area contributed by atoms with Crippen molar-refractivity contribution in [1.29, 1.82) is 0 Å². The Morgan fingerprint density at radius 3 is 2.62 bits per heavy atom. The number of nitrogens with one attached hydrogen (secondary N) is 1.